The van der Waals surface area contributed by atoms with Crippen molar-refractivity contribution in [1.29, 1.82) is 0 Å². The predicted octanol–water partition coefficient (Wildman–Crippen LogP) is 6.87. The number of benzene rings is 3. The van der Waals surface area contributed by atoms with E-state index in [-0.39, 0.29) is 0 Å². The molecule has 0 saturated carbocycles. The van der Waals surface area contributed by atoms with Gasteiger partial charge in [0.25, 0.3) is 0 Å². The molecule has 0 unspecified atom stereocenters. The lowest BCUT2D eigenvalue weighted by molar-refractivity contribution is 0.969. The molecular weight excluding hydrogens is 402 g/mol. The van der Waals surface area contributed by atoms with Gasteiger partial charge < -0.3 is 0 Å². The molecule has 3 aromatic rings. The minimum absolute atomic E-state index is 0.761. The van der Waals surface area contributed by atoms with Crippen LogP contribution < -0.4 is 4.72 Å². The van der Waals surface area contributed by atoms with Crippen LogP contribution in [0, 0.1) is 6.92 Å². The van der Waals surface area contributed by atoms with E-state index in [1.165, 1.54) is 22.3 Å². The summed E-state index contributed by atoms with van der Waals surface area (Å²) in [5.74, 6) is 0. The van der Waals surface area contributed by atoms with E-state index < -0.39 is 0 Å². The molecule has 1 N–H and O–H groups in total. The molecule has 0 radical (unpaired) electrons. The third-order valence-corrected chi connectivity index (χ3v) is 5.37. The van der Waals surface area contributed by atoms with Crippen molar-refractivity contribution in [2.75, 3.05) is 0 Å². The van der Waals surface area contributed by atoms with E-state index in [2.05, 4.69) is 76.1 Å². The molecule has 0 fully saturated rings. The number of halogens is 2. The van der Waals surface area contributed by atoms with Gasteiger partial charge >= 0.3 is 0 Å². The molecule has 122 valence electrons. The van der Waals surface area contributed by atoms with Gasteiger partial charge in [-0.15, -0.1) is 0 Å². The second-order valence-electron chi connectivity index (χ2n) is 5.56. The molecule has 0 atom stereocenters. The monoisotopic (exact) mass is 417 g/mol. The van der Waals surface area contributed by atoms with Crippen molar-refractivity contribution in [3.63, 3.8) is 0 Å². The average molecular weight is 419 g/mol. The SMILES string of the molecule is Cc1cc(Cl)cc(SNCc2cc(-c3ccccc3)ccc2Br)c1. The van der Waals surface area contributed by atoms with Crippen molar-refractivity contribution in [2.45, 2.75) is 18.4 Å². The molecule has 24 heavy (non-hydrogen) atoms. The van der Waals surface area contributed by atoms with Crippen molar-refractivity contribution < 1.29 is 0 Å². The van der Waals surface area contributed by atoms with Gasteiger partial charge in [0.15, 0.2) is 0 Å². The molecular formula is C20H17BrClNS. The van der Waals surface area contributed by atoms with Crippen LogP contribution in [-0.2, 0) is 6.54 Å². The summed E-state index contributed by atoms with van der Waals surface area (Å²) >= 11 is 11.4. The average Bonchev–Trinajstić information content (AvgIpc) is 2.56. The molecule has 4 heteroatoms. The molecule has 1 nitrogen and oxygen atoms in total. The topological polar surface area (TPSA) is 12.0 Å². The van der Waals surface area contributed by atoms with E-state index >= 15 is 0 Å². The highest BCUT2D eigenvalue weighted by atomic mass is 79.9. The molecule has 0 aliphatic heterocycles. The van der Waals surface area contributed by atoms with Gasteiger partial charge in [0.2, 0.25) is 0 Å². The molecule has 0 aliphatic rings. The van der Waals surface area contributed by atoms with Gasteiger partial charge in [-0.1, -0.05) is 63.9 Å². The summed E-state index contributed by atoms with van der Waals surface area (Å²) in [6.45, 7) is 2.81. The molecule has 0 bridgehead atoms. The van der Waals surface area contributed by atoms with Gasteiger partial charge in [0.1, 0.15) is 0 Å². The quantitative estimate of drug-likeness (QED) is 0.453. The van der Waals surface area contributed by atoms with Crippen molar-refractivity contribution in [3.05, 3.63) is 87.4 Å². The van der Waals surface area contributed by atoms with Crippen LogP contribution in [0.2, 0.25) is 5.02 Å². The fraction of sp³-hybridized carbons (Fsp3) is 0.100. The Balaban J connectivity index is 1.71. The first-order valence-corrected chi connectivity index (χ1v) is 9.61. The zero-order valence-electron chi connectivity index (χ0n) is 13.2. The first-order valence-electron chi connectivity index (χ1n) is 7.62. The van der Waals surface area contributed by atoms with Crippen molar-refractivity contribution >= 4 is 39.5 Å². The zero-order valence-corrected chi connectivity index (χ0v) is 16.4. The lowest BCUT2D eigenvalue weighted by Gasteiger charge is -2.10. The van der Waals surface area contributed by atoms with Gasteiger partial charge in [-0.05, 0) is 71.5 Å². The van der Waals surface area contributed by atoms with E-state index in [0.29, 0.717) is 0 Å². The molecule has 0 heterocycles. The largest absolute Gasteiger partial charge is 0.255 e. The lowest BCUT2D eigenvalue weighted by Crippen LogP contribution is -2.04. The van der Waals surface area contributed by atoms with Crippen molar-refractivity contribution in [3.8, 4) is 11.1 Å². The Bertz CT molecular complexity index is 816. The summed E-state index contributed by atoms with van der Waals surface area (Å²) in [7, 11) is 0. The van der Waals surface area contributed by atoms with E-state index in [1.54, 1.807) is 11.9 Å². The van der Waals surface area contributed by atoms with Crippen LogP contribution in [0.3, 0.4) is 0 Å². The third kappa shape index (κ3) is 4.64. The maximum Gasteiger partial charge on any atom is 0.0420 e. The third-order valence-electron chi connectivity index (χ3n) is 3.62. The number of nitrogens with one attached hydrogen (secondary N) is 1. The second kappa shape index (κ2) is 8.21. The van der Waals surface area contributed by atoms with Crippen LogP contribution in [0.15, 0.2) is 76.1 Å². The van der Waals surface area contributed by atoms with Crippen molar-refractivity contribution in [1.82, 2.24) is 4.72 Å². The standard InChI is InChI=1S/C20H17BrClNS/c1-14-9-18(22)12-19(10-14)24-23-13-17-11-16(7-8-20(17)21)15-5-3-2-4-6-15/h2-12,23H,13H2,1H3. The molecule has 0 aliphatic carbocycles. The van der Waals surface area contributed by atoms with Gasteiger partial charge in [-0.2, -0.15) is 0 Å². The van der Waals surface area contributed by atoms with Crippen LogP contribution in [0.25, 0.3) is 11.1 Å². The van der Waals surface area contributed by atoms with Crippen LogP contribution >= 0.6 is 39.5 Å². The number of aryl methyl sites for hydroxylation is 1. The van der Waals surface area contributed by atoms with Crippen LogP contribution in [0.5, 0.6) is 0 Å². The highest BCUT2D eigenvalue weighted by molar-refractivity contribution is 9.10. The normalized spacial score (nSPS) is 10.8. The van der Waals surface area contributed by atoms with E-state index in [4.69, 9.17) is 11.6 Å². The predicted molar refractivity (Wildman–Crippen MR) is 108 cm³/mol. The fourth-order valence-corrected chi connectivity index (χ4v) is 4.05. The molecule has 3 aromatic carbocycles. The Morgan fingerprint density at radius 3 is 2.50 bits per heavy atom. The number of rotatable bonds is 5. The first-order chi connectivity index (χ1) is 11.6. The smallest absolute Gasteiger partial charge is 0.0420 e. The van der Waals surface area contributed by atoms with Gasteiger partial charge in [0.05, 0.1) is 0 Å². The number of hydrogen-bond donors (Lipinski definition) is 1. The maximum atomic E-state index is 6.11. The van der Waals surface area contributed by atoms with Gasteiger partial charge in [-0.25, -0.2) is 0 Å². The van der Waals surface area contributed by atoms with E-state index in [0.717, 1.165) is 20.9 Å². The van der Waals surface area contributed by atoms with Gasteiger partial charge in [-0.3, -0.25) is 4.72 Å². The minimum atomic E-state index is 0.761. The lowest BCUT2D eigenvalue weighted by atomic mass is 10.0. The Morgan fingerprint density at radius 2 is 1.75 bits per heavy atom. The Morgan fingerprint density at radius 1 is 0.958 bits per heavy atom. The Labute approximate surface area is 160 Å². The molecule has 0 aromatic heterocycles. The maximum absolute atomic E-state index is 6.11. The Hall–Kier alpha value is -1.26. The highest BCUT2D eigenvalue weighted by Crippen LogP contribution is 2.27. The summed E-state index contributed by atoms with van der Waals surface area (Å²) in [5.41, 5.74) is 4.84. The zero-order chi connectivity index (χ0) is 16.9. The van der Waals surface area contributed by atoms with Crippen molar-refractivity contribution in [2.24, 2.45) is 0 Å². The summed E-state index contributed by atoms with van der Waals surface area (Å²) in [5, 5.41) is 0.770. The van der Waals surface area contributed by atoms with Gasteiger partial charge in [0, 0.05) is 20.9 Å². The van der Waals surface area contributed by atoms with Crippen LogP contribution in [0.4, 0.5) is 0 Å². The highest BCUT2D eigenvalue weighted by Gasteiger charge is 2.05. The van der Waals surface area contributed by atoms with Crippen LogP contribution in [0.1, 0.15) is 11.1 Å². The second-order valence-corrected chi connectivity index (χ2v) is 7.81. The molecule has 0 spiro atoms. The summed E-state index contributed by atoms with van der Waals surface area (Å²) < 4.78 is 4.53. The van der Waals surface area contributed by atoms with E-state index in [1.807, 2.05) is 18.2 Å². The fourth-order valence-electron chi connectivity index (χ4n) is 2.48. The molecule has 3 rings (SSSR count). The van der Waals surface area contributed by atoms with E-state index in [9.17, 15) is 0 Å². The summed E-state index contributed by atoms with van der Waals surface area (Å²) in [6, 6.07) is 22.9. The minimum Gasteiger partial charge on any atom is -0.255 e. The van der Waals surface area contributed by atoms with Crippen LogP contribution in [-0.4, -0.2) is 0 Å². The summed E-state index contributed by atoms with van der Waals surface area (Å²) in [6.07, 6.45) is 0. The molecule has 0 amide bonds. The number of hydrogen-bond acceptors (Lipinski definition) is 2. The molecule has 0 saturated heterocycles. The first kappa shape index (κ1) is 17.6. The summed E-state index contributed by atoms with van der Waals surface area (Å²) in [4.78, 5) is 1.12. The Kier molecular flexibility index (Phi) is 6.01.